The Morgan fingerprint density at radius 3 is 0.867 bits per heavy atom. The summed E-state index contributed by atoms with van der Waals surface area (Å²) in [7, 11) is 0. The molecule has 1 amide bonds. The number of unbranched alkanes of at least 4 members (excludes halogenated alkanes) is 57. The molecular weight excluding hydrogens is 1100 g/mol. The summed E-state index contributed by atoms with van der Waals surface area (Å²) in [4.78, 5) is 24.6. The molecule has 90 heavy (non-hydrogen) atoms. The molecule has 0 heterocycles. The van der Waals surface area contributed by atoms with Crippen LogP contribution in [0.3, 0.4) is 0 Å². The van der Waals surface area contributed by atoms with E-state index in [1.165, 1.54) is 353 Å². The fourth-order valence-electron chi connectivity index (χ4n) is 12.6. The van der Waals surface area contributed by atoms with Crippen molar-refractivity contribution in [2.45, 2.75) is 450 Å². The van der Waals surface area contributed by atoms with Gasteiger partial charge in [0.2, 0.25) is 5.91 Å². The molecule has 0 aliphatic heterocycles. The number of allylic oxidation sites excluding steroid dienone is 9. The first-order valence-corrected chi connectivity index (χ1v) is 40.6. The average Bonchev–Trinajstić information content (AvgIpc) is 3.58. The minimum atomic E-state index is -0.844. The summed E-state index contributed by atoms with van der Waals surface area (Å²) in [5, 5.41) is 23.3. The van der Waals surface area contributed by atoms with Crippen LogP contribution < -0.4 is 5.32 Å². The lowest BCUT2D eigenvalue weighted by Gasteiger charge is -2.20. The second-order valence-electron chi connectivity index (χ2n) is 27.7. The van der Waals surface area contributed by atoms with Crippen LogP contribution in [-0.2, 0) is 14.3 Å². The van der Waals surface area contributed by atoms with Gasteiger partial charge in [0.15, 0.2) is 0 Å². The van der Waals surface area contributed by atoms with Crippen LogP contribution in [0.1, 0.15) is 438 Å². The van der Waals surface area contributed by atoms with Crippen LogP contribution in [0.15, 0.2) is 60.8 Å². The van der Waals surface area contributed by atoms with E-state index in [9.17, 15) is 19.8 Å². The zero-order valence-electron chi connectivity index (χ0n) is 60.6. The molecular formula is C84H157NO5. The van der Waals surface area contributed by atoms with Crippen LogP contribution >= 0.6 is 0 Å². The van der Waals surface area contributed by atoms with Crippen LogP contribution in [0.2, 0.25) is 0 Å². The lowest BCUT2D eigenvalue weighted by Crippen LogP contribution is -2.45. The highest BCUT2D eigenvalue weighted by molar-refractivity contribution is 5.76. The zero-order valence-corrected chi connectivity index (χ0v) is 60.6. The molecule has 0 saturated carbocycles. The van der Waals surface area contributed by atoms with Gasteiger partial charge in [0, 0.05) is 12.8 Å². The summed E-state index contributed by atoms with van der Waals surface area (Å²) in [5.74, 6) is -0.0508. The fourth-order valence-corrected chi connectivity index (χ4v) is 12.6. The number of aliphatic hydroxyl groups excluding tert-OH is 2. The van der Waals surface area contributed by atoms with Gasteiger partial charge in [-0.1, -0.05) is 389 Å². The minimum absolute atomic E-state index is 0.0110. The monoisotopic (exact) mass is 1260 g/mol. The van der Waals surface area contributed by atoms with Gasteiger partial charge in [-0.05, 0) is 96.3 Å². The highest BCUT2D eigenvalue weighted by atomic mass is 16.5. The van der Waals surface area contributed by atoms with E-state index in [0.29, 0.717) is 19.4 Å². The normalized spacial score (nSPS) is 12.8. The van der Waals surface area contributed by atoms with Gasteiger partial charge in [-0.2, -0.15) is 0 Å². The maximum Gasteiger partial charge on any atom is 0.305 e. The van der Waals surface area contributed by atoms with Crippen LogP contribution in [0.5, 0.6) is 0 Å². The minimum Gasteiger partial charge on any atom is -0.466 e. The molecule has 0 aromatic heterocycles. The van der Waals surface area contributed by atoms with E-state index in [1.54, 1.807) is 6.08 Å². The number of esters is 1. The fraction of sp³-hybridized carbons (Fsp3) is 0.857. The van der Waals surface area contributed by atoms with Gasteiger partial charge in [0.25, 0.3) is 0 Å². The zero-order chi connectivity index (χ0) is 64.9. The summed E-state index contributed by atoms with van der Waals surface area (Å²) >= 11 is 0. The Morgan fingerprint density at radius 1 is 0.311 bits per heavy atom. The number of hydrogen-bond donors (Lipinski definition) is 3. The predicted octanol–water partition coefficient (Wildman–Crippen LogP) is 26.9. The summed E-state index contributed by atoms with van der Waals surface area (Å²) in [6, 6.07) is -0.627. The van der Waals surface area contributed by atoms with Gasteiger partial charge in [-0.25, -0.2) is 0 Å². The molecule has 0 aromatic rings. The third-order valence-corrected chi connectivity index (χ3v) is 18.8. The molecule has 2 unspecified atom stereocenters. The number of carbonyl (C=O) groups excluding carboxylic acids is 2. The van der Waals surface area contributed by atoms with Gasteiger partial charge in [-0.15, -0.1) is 0 Å². The third-order valence-electron chi connectivity index (χ3n) is 18.8. The van der Waals surface area contributed by atoms with Crippen molar-refractivity contribution in [3.63, 3.8) is 0 Å². The number of rotatable bonds is 76. The van der Waals surface area contributed by atoms with E-state index in [2.05, 4.69) is 67.8 Å². The standard InChI is InChI=1S/C84H157NO5/c1-3-5-7-9-11-13-15-17-19-21-41-45-48-52-56-60-64-68-72-76-82(87)81(80-86)85-83(88)77-73-69-65-61-57-53-49-46-42-39-37-35-33-31-29-27-25-23-22-24-26-28-30-32-34-36-38-40-43-47-51-55-59-63-67-71-75-79-90-84(89)78-74-70-66-62-58-54-50-44-20-18-16-14-12-10-8-6-4-2/h12,14,18,20,22,24,28,30,72,76,81-82,86-87H,3-11,13,15-17,19,21,23,25-27,29,31-71,73-75,77-80H2,1-2H3,(H,85,88)/b14-12-,20-18-,24-22-,30-28-,76-72+. The van der Waals surface area contributed by atoms with Crippen LogP contribution in [-0.4, -0.2) is 47.4 Å². The Kier molecular flexibility index (Phi) is 76.9. The van der Waals surface area contributed by atoms with Crippen molar-refractivity contribution in [2.75, 3.05) is 13.2 Å². The van der Waals surface area contributed by atoms with Gasteiger partial charge in [-0.3, -0.25) is 9.59 Å². The van der Waals surface area contributed by atoms with Crippen molar-refractivity contribution in [2.24, 2.45) is 0 Å². The Bertz CT molecular complexity index is 1550. The van der Waals surface area contributed by atoms with E-state index < -0.39 is 12.1 Å². The Labute approximate surface area is 562 Å². The van der Waals surface area contributed by atoms with Crippen molar-refractivity contribution in [1.82, 2.24) is 5.32 Å². The van der Waals surface area contributed by atoms with Crippen LogP contribution in [0.25, 0.3) is 0 Å². The third kappa shape index (κ3) is 74.6. The molecule has 3 N–H and O–H groups in total. The highest BCUT2D eigenvalue weighted by Crippen LogP contribution is 2.19. The first kappa shape index (κ1) is 87.6. The summed E-state index contributed by atoms with van der Waals surface area (Å²) in [6.07, 6.45) is 106. The number of aliphatic hydroxyl groups is 2. The van der Waals surface area contributed by atoms with Gasteiger partial charge < -0.3 is 20.3 Å². The second-order valence-corrected chi connectivity index (χ2v) is 27.7. The van der Waals surface area contributed by atoms with Gasteiger partial charge in [0.05, 0.1) is 25.4 Å². The first-order chi connectivity index (χ1) is 44.5. The quantitative estimate of drug-likeness (QED) is 0.0320. The molecule has 2 atom stereocenters. The van der Waals surface area contributed by atoms with Crippen molar-refractivity contribution < 1.29 is 24.5 Å². The molecule has 0 aliphatic carbocycles. The number of amides is 1. The van der Waals surface area contributed by atoms with Crippen molar-refractivity contribution in [1.29, 1.82) is 0 Å². The largest absolute Gasteiger partial charge is 0.466 e. The van der Waals surface area contributed by atoms with Gasteiger partial charge in [0.1, 0.15) is 0 Å². The number of hydrogen-bond acceptors (Lipinski definition) is 5. The van der Waals surface area contributed by atoms with Crippen LogP contribution in [0, 0.1) is 0 Å². The maximum atomic E-state index is 12.5. The summed E-state index contributed by atoms with van der Waals surface area (Å²) in [5.41, 5.74) is 0. The van der Waals surface area contributed by atoms with Crippen molar-refractivity contribution in [3.8, 4) is 0 Å². The first-order valence-electron chi connectivity index (χ1n) is 40.6. The second kappa shape index (κ2) is 79.0. The molecule has 0 bridgehead atoms. The molecule has 0 rings (SSSR count). The molecule has 0 spiro atoms. The van der Waals surface area contributed by atoms with E-state index in [1.807, 2.05) is 6.08 Å². The Morgan fingerprint density at radius 2 is 0.556 bits per heavy atom. The molecule has 0 radical (unpaired) electrons. The summed E-state index contributed by atoms with van der Waals surface area (Å²) in [6.45, 7) is 4.91. The smallest absolute Gasteiger partial charge is 0.305 e. The van der Waals surface area contributed by atoms with E-state index in [-0.39, 0.29) is 18.5 Å². The van der Waals surface area contributed by atoms with Crippen molar-refractivity contribution >= 4 is 11.9 Å². The number of nitrogens with one attached hydrogen (secondary N) is 1. The number of ether oxygens (including phenoxy) is 1. The molecule has 0 aromatic carbocycles. The summed E-state index contributed by atoms with van der Waals surface area (Å²) < 4.78 is 5.50. The van der Waals surface area contributed by atoms with E-state index in [4.69, 9.17) is 4.74 Å². The molecule has 528 valence electrons. The van der Waals surface area contributed by atoms with E-state index in [0.717, 1.165) is 57.8 Å². The lowest BCUT2D eigenvalue weighted by molar-refractivity contribution is -0.143. The topological polar surface area (TPSA) is 95.9 Å². The molecule has 0 aliphatic rings. The average molecular weight is 1260 g/mol. The Hall–Kier alpha value is -2.44. The lowest BCUT2D eigenvalue weighted by atomic mass is 10.0. The van der Waals surface area contributed by atoms with Crippen LogP contribution in [0.4, 0.5) is 0 Å². The highest BCUT2D eigenvalue weighted by Gasteiger charge is 2.18. The van der Waals surface area contributed by atoms with E-state index >= 15 is 0 Å². The maximum absolute atomic E-state index is 12.5. The molecule has 0 fully saturated rings. The molecule has 6 nitrogen and oxygen atoms in total. The SMILES string of the molecule is CCCCC/C=C\C/C=C\CCCCCCCCCC(=O)OCCCCCCCCCCCCCCC/C=C\C/C=C\CCCCCCCCCCCCCCCCCCCC(=O)NC(CO)C(O)/C=C/CCCCCCCCCCCCCCCCCCC. The molecule has 0 saturated heterocycles. The molecule has 6 heteroatoms. The van der Waals surface area contributed by atoms with Crippen molar-refractivity contribution in [3.05, 3.63) is 60.8 Å². The number of carbonyl (C=O) groups is 2. The van der Waals surface area contributed by atoms with Gasteiger partial charge >= 0.3 is 5.97 Å². The predicted molar refractivity (Wildman–Crippen MR) is 398 cm³/mol. The Balaban J connectivity index is 3.38.